The highest BCUT2D eigenvalue weighted by Gasteiger charge is 2.12. The smallest absolute Gasteiger partial charge is 0.243 e. The molecule has 0 atom stereocenters. The summed E-state index contributed by atoms with van der Waals surface area (Å²) in [5, 5.41) is 6.58. The first-order chi connectivity index (χ1) is 14.3. The molecule has 3 rings (SSSR count). The highest BCUT2D eigenvalue weighted by Crippen LogP contribution is 2.21. The van der Waals surface area contributed by atoms with Gasteiger partial charge in [-0.2, -0.15) is 0 Å². The quantitative estimate of drug-likeness (QED) is 0.402. The van der Waals surface area contributed by atoms with Crippen LogP contribution in [0.5, 0.6) is 0 Å². The van der Waals surface area contributed by atoms with Crippen LogP contribution in [0, 0.1) is 0 Å². The van der Waals surface area contributed by atoms with Gasteiger partial charge < -0.3 is 10.6 Å². The molecule has 2 aromatic carbocycles. The number of nitrogens with zero attached hydrogens (tertiary/aromatic N) is 1. The number of hydrogen-bond acceptors (Lipinski definition) is 3. The highest BCUT2D eigenvalue weighted by atomic mass is 16.1. The first kappa shape index (κ1) is 20.5. The lowest BCUT2D eigenvalue weighted by Crippen LogP contribution is -2.26. The van der Waals surface area contributed by atoms with Gasteiger partial charge in [-0.25, -0.2) is 0 Å². The molecule has 0 saturated carbocycles. The number of pyridine rings is 1. The van der Waals surface area contributed by atoms with Crippen molar-refractivity contribution in [3.8, 4) is 0 Å². The second-order valence-corrected chi connectivity index (χ2v) is 6.83. The van der Waals surface area contributed by atoms with Crippen molar-refractivity contribution in [2.75, 3.05) is 13.1 Å². The Kier molecular flexibility index (Phi) is 8.18. The normalized spacial score (nSPS) is 11.1. The molecule has 0 saturated heterocycles. The van der Waals surface area contributed by atoms with Gasteiger partial charge in [-0.15, -0.1) is 0 Å². The molecule has 4 heteroatoms. The van der Waals surface area contributed by atoms with E-state index in [-0.39, 0.29) is 11.9 Å². The molecule has 0 radical (unpaired) electrons. The van der Waals surface area contributed by atoms with E-state index in [2.05, 4.69) is 64.1 Å². The predicted molar refractivity (Wildman–Crippen MR) is 118 cm³/mol. The molecule has 2 N–H and O–H groups in total. The zero-order valence-corrected chi connectivity index (χ0v) is 16.5. The average molecular weight is 386 g/mol. The summed E-state index contributed by atoms with van der Waals surface area (Å²) in [5.41, 5.74) is 3.43. The predicted octanol–water partition coefficient (Wildman–Crippen LogP) is 4.37. The summed E-state index contributed by atoms with van der Waals surface area (Å²) in [7, 11) is 0. The molecule has 0 spiro atoms. The summed E-state index contributed by atoms with van der Waals surface area (Å²) < 4.78 is 0. The van der Waals surface area contributed by atoms with E-state index in [1.807, 2.05) is 24.3 Å². The van der Waals surface area contributed by atoms with Crippen LogP contribution in [0.25, 0.3) is 6.08 Å². The SMILES string of the molecule is O=C(/C=C/c1cccnc1)NCCCCNC(c1ccccc1)c1ccccc1. The Morgan fingerprint density at radius 2 is 1.52 bits per heavy atom. The number of hydrogen-bond donors (Lipinski definition) is 2. The van der Waals surface area contributed by atoms with Crippen LogP contribution in [-0.4, -0.2) is 24.0 Å². The van der Waals surface area contributed by atoms with Crippen molar-refractivity contribution >= 4 is 12.0 Å². The van der Waals surface area contributed by atoms with E-state index < -0.39 is 0 Å². The van der Waals surface area contributed by atoms with Gasteiger partial charge in [-0.1, -0.05) is 66.7 Å². The molecular weight excluding hydrogens is 358 g/mol. The fourth-order valence-electron chi connectivity index (χ4n) is 3.13. The van der Waals surface area contributed by atoms with Gasteiger partial charge in [0.15, 0.2) is 0 Å². The van der Waals surface area contributed by atoms with Crippen LogP contribution in [-0.2, 0) is 4.79 Å². The summed E-state index contributed by atoms with van der Waals surface area (Å²) in [6, 6.07) is 24.9. The number of carbonyl (C=O) groups is 1. The number of unbranched alkanes of at least 4 members (excludes halogenated alkanes) is 1. The number of nitrogens with one attached hydrogen (secondary N) is 2. The fraction of sp³-hybridized carbons (Fsp3) is 0.200. The zero-order chi connectivity index (χ0) is 20.2. The van der Waals surface area contributed by atoms with E-state index in [9.17, 15) is 4.79 Å². The monoisotopic (exact) mass is 385 g/mol. The van der Waals surface area contributed by atoms with Crippen molar-refractivity contribution in [2.24, 2.45) is 0 Å². The summed E-state index contributed by atoms with van der Waals surface area (Å²) in [6.45, 7) is 1.55. The standard InChI is InChI=1S/C25H27N3O/c29-24(16-15-21-10-9-17-26-20-21)27-18-7-8-19-28-25(22-11-3-1-4-12-22)23-13-5-2-6-14-23/h1-6,9-17,20,25,28H,7-8,18-19H2,(H,27,29)/b16-15+. The van der Waals surface area contributed by atoms with Gasteiger partial charge in [-0.3, -0.25) is 9.78 Å². The average Bonchev–Trinajstić information content (AvgIpc) is 2.79. The molecule has 3 aromatic rings. The Balaban J connectivity index is 1.40. The van der Waals surface area contributed by atoms with Crippen LogP contribution in [0.3, 0.4) is 0 Å². The van der Waals surface area contributed by atoms with Crippen LogP contribution in [0.15, 0.2) is 91.3 Å². The summed E-state index contributed by atoms with van der Waals surface area (Å²) in [6.07, 6.45) is 8.68. The number of amides is 1. The van der Waals surface area contributed by atoms with Crippen LogP contribution < -0.4 is 10.6 Å². The first-order valence-corrected chi connectivity index (χ1v) is 10.0. The third kappa shape index (κ3) is 7.01. The molecule has 0 bridgehead atoms. The third-order valence-corrected chi connectivity index (χ3v) is 4.63. The topological polar surface area (TPSA) is 54.0 Å². The molecule has 0 fully saturated rings. The minimum Gasteiger partial charge on any atom is -0.353 e. The van der Waals surface area contributed by atoms with Crippen LogP contribution in [0.2, 0.25) is 0 Å². The molecule has 4 nitrogen and oxygen atoms in total. The minimum absolute atomic E-state index is 0.0757. The summed E-state index contributed by atoms with van der Waals surface area (Å²) in [5.74, 6) is -0.0757. The first-order valence-electron chi connectivity index (χ1n) is 10.0. The van der Waals surface area contributed by atoms with Gasteiger partial charge in [0.05, 0.1) is 6.04 Å². The summed E-state index contributed by atoms with van der Waals surface area (Å²) >= 11 is 0. The van der Waals surface area contributed by atoms with Crippen molar-refractivity contribution in [2.45, 2.75) is 18.9 Å². The molecule has 0 aliphatic carbocycles. The Hall–Kier alpha value is -3.24. The molecule has 0 aliphatic rings. The Morgan fingerprint density at radius 3 is 2.14 bits per heavy atom. The number of rotatable bonds is 10. The maximum absolute atomic E-state index is 11.9. The van der Waals surface area contributed by atoms with E-state index in [0.29, 0.717) is 6.54 Å². The lowest BCUT2D eigenvalue weighted by Gasteiger charge is -2.20. The molecule has 1 amide bonds. The van der Waals surface area contributed by atoms with E-state index >= 15 is 0 Å². The number of carbonyl (C=O) groups excluding carboxylic acids is 1. The number of aromatic nitrogens is 1. The minimum atomic E-state index is -0.0757. The van der Waals surface area contributed by atoms with Gasteiger partial charge in [0.25, 0.3) is 0 Å². The third-order valence-electron chi connectivity index (χ3n) is 4.63. The molecule has 1 heterocycles. The molecule has 0 unspecified atom stereocenters. The van der Waals surface area contributed by atoms with Crippen molar-refractivity contribution in [3.05, 3.63) is 108 Å². The second kappa shape index (κ2) is 11.6. The van der Waals surface area contributed by atoms with Gasteiger partial charge in [0.1, 0.15) is 0 Å². The van der Waals surface area contributed by atoms with Crippen molar-refractivity contribution in [3.63, 3.8) is 0 Å². The fourth-order valence-corrected chi connectivity index (χ4v) is 3.13. The zero-order valence-electron chi connectivity index (χ0n) is 16.5. The lowest BCUT2D eigenvalue weighted by molar-refractivity contribution is -0.116. The molecular formula is C25H27N3O. The van der Waals surface area contributed by atoms with Crippen LogP contribution in [0.4, 0.5) is 0 Å². The second-order valence-electron chi connectivity index (χ2n) is 6.83. The van der Waals surface area contributed by atoms with Gasteiger partial charge in [0, 0.05) is 25.0 Å². The highest BCUT2D eigenvalue weighted by molar-refractivity contribution is 5.91. The van der Waals surface area contributed by atoms with Crippen LogP contribution >= 0.6 is 0 Å². The van der Waals surface area contributed by atoms with E-state index in [4.69, 9.17) is 0 Å². The molecule has 148 valence electrons. The lowest BCUT2D eigenvalue weighted by atomic mass is 9.98. The van der Waals surface area contributed by atoms with E-state index in [0.717, 1.165) is 24.9 Å². The molecule has 29 heavy (non-hydrogen) atoms. The van der Waals surface area contributed by atoms with E-state index in [1.54, 1.807) is 24.5 Å². The Bertz CT molecular complexity index is 840. The van der Waals surface area contributed by atoms with Crippen LogP contribution in [0.1, 0.15) is 35.6 Å². The maximum Gasteiger partial charge on any atom is 0.243 e. The largest absolute Gasteiger partial charge is 0.353 e. The Morgan fingerprint density at radius 1 is 0.862 bits per heavy atom. The summed E-state index contributed by atoms with van der Waals surface area (Å²) in [4.78, 5) is 15.9. The molecule has 1 aromatic heterocycles. The van der Waals surface area contributed by atoms with Gasteiger partial charge >= 0.3 is 0 Å². The number of benzene rings is 2. The van der Waals surface area contributed by atoms with Crippen molar-refractivity contribution < 1.29 is 4.79 Å². The van der Waals surface area contributed by atoms with Crippen molar-refractivity contribution in [1.82, 2.24) is 15.6 Å². The Labute approximate surface area is 172 Å². The maximum atomic E-state index is 11.9. The molecule has 0 aliphatic heterocycles. The van der Waals surface area contributed by atoms with E-state index in [1.165, 1.54) is 11.1 Å². The van der Waals surface area contributed by atoms with Gasteiger partial charge in [-0.05, 0) is 48.2 Å². The van der Waals surface area contributed by atoms with Crippen molar-refractivity contribution in [1.29, 1.82) is 0 Å². The van der Waals surface area contributed by atoms with Gasteiger partial charge in [0.2, 0.25) is 5.91 Å².